The number of methoxy groups -OCH3 is 1. The average Bonchev–Trinajstić information content (AvgIpc) is 2.78. The highest BCUT2D eigenvalue weighted by Crippen LogP contribution is 2.38. The summed E-state index contributed by atoms with van der Waals surface area (Å²) in [5.41, 5.74) is 0.460. The third-order valence-electron chi connectivity index (χ3n) is 5.19. The second-order valence-electron chi connectivity index (χ2n) is 7.71. The van der Waals surface area contributed by atoms with E-state index in [1.54, 1.807) is 6.92 Å². The van der Waals surface area contributed by atoms with Crippen LogP contribution in [0.4, 0.5) is 32.3 Å². The monoisotopic (exact) mass is 509 g/mol. The molecular formula is C21H25F6N5O3. The van der Waals surface area contributed by atoms with Gasteiger partial charge in [-0.3, -0.25) is 0 Å². The average molecular weight is 509 g/mol. The molecule has 0 bridgehead atoms. The van der Waals surface area contributed by atoms with Gasteiger partial charge in [0.15, 0.2) is 0 Å². The van der Waals surface area contributed by atoms with E-state index in [2.05, 4.69) is 32.3 Å². The van der Waals surface area contributed by atoms with E-state index in [-0.39, 0.29) is 11.8 Å². The van der Waals surface area contributed by atoms with Gasteiger partial charge < -0.3 is 20.1 Å². The van der Waals surface area contributed by atoms with Gasteiger partial charge in [0.05, 0.1) is 18.9 Å². The fraction of sp³-hybridized carbons (Fsp3) is 0.524. The van der Waals surface area contributed by atoms with Gasteiger partial charge >= 0.3 is 18.3 Å². The van der Waals surface area contributed by atoms with Gasteiger partial charge in [-0.15, -0.1) is 10.2 Å². The van der Waals surface area contributed by atoms with Crippen LogP contribution in [-0.2, 0) is 11.0 Å². The van der Waals surface area contributed by atoms with Gasteiger partial charge in [0.2, 0.25) is 5.95 Å². The maximum absolute atomic E-state index is 13.0. The fourth-order valence-electron chi connectivity index (χ4n) is 3.51. The molecule has 0 aliphatic carbocycles. The minimum Gasteiger partial charge on any atom is -0.496 e. The van der Waals surface area contributed by atoms with Crippen molar-refractivity contribution in [1.82, 2.24) is 20.1 Å². The van der Waals surface area contributed by atoms with Gasteiger partial charge in [0, 0.05) is 18.2 Å². The van der Waals surface area contributed by atoms with E-state index in [0.29, 0.717) is 22.8 Å². The molecule has 3 rings (SSSR count). The quantitative estimate of drug-likeness (QED) is 0.572. The Morgan fingerprint density at radius 3 is 2.37 bits per heavy atom. The number of carboxylic acid groups (broad SMARTS) is 1. The van der Waals surface area contributed by atoms with Crippen LogP contribution in [-0.4, -0.2) is 70.1 Å². The topological polar surface area (TPSA) is 100 Å². The number of ether oxygens (including phenoxy) is 1. The first-order chi connectivity index (χ1) is 16.3. The number of alkyl halides is 6. The van der Waals surface area contributed by atoms with Gasteiger partial charge in [-0.05, 0) is 50.6 Å². The van der Waals surface area contributed by atoms with Gasteiger partial charge in [0.25, 0.3) is 0 Å². The van der Waals surface area contributed by atoms with Crippen LogP contribution < -0.4 is 10.1 Å². The highest BCUT2D eigenvalue weighted by molar-refractivity contribution is 5.73. The molecule has 14 heteroatoms. The Labute approximate surface area is 197 Å². The number of aliphatic carboxylic acids is 1. The van der Waals surface area contributed by atoms with Crippen LogP contribution in [0, 0.1) is 6.92 Å². The molecule has 0 amide bonds. The predicted octanol–water partition coefficient (Wildman–Crippen LogP) is 4.40. The highest BCUT2D eigenvalue weighted by Gasteiger charge is 2.38. The molecule has 1 aromatic heterocycles. The molecule has 1 saturated heterocycles. The van der Waals surface area contributed by atoms with Gasteiger partial charge in [0.1, 0.15) is 11.4 Å². The van der Waals surface area contributed by atoms with E-state index >= 15 is 0 Å². The van der Waals surface area contributed by atoms with E-state index in [1.165, 1.54) is 13.3 Å². The van der Waals surface area contributed by atoms with Crippen LogP contribution in [0.1, 0.15) is 30.9 Å². The number of aromatic nitrogens is 3. The fourth-order valence-corrected chi connectivity index (χ4v) is 3.51. The minimum absolute atomic E-state index is 0.0926. The number of nitrogens with zero attached hydrogens (tertiary/aromatic N) is 4. The molecule has 1 aromatic carbocycles. The predicted molar refractivity (Wildman–Crippen MR) is 114 cm³/mol. The number of aryl methyl sites for hydroxylation is 1. The summed E-state index contributed by atoms with van der Waals surface area (Å²) in [7, 11) is 1.33. The number of carbonyl (C=O) groups is 1. The Morgan fingerprint density at radius 2 is 1.89 bits per heavy atom. The van der Waals surface area contributed by atoms with Crippen molar-refractivity contribution in [2.45, 2.75) is 45.1 Å². The van der Waals surface area contributed by atoms with Crippen LogP contribution in [0.2, 0.25) is 0 Å². The lowest BCUT2D eigenvalue weighted by Gasteiger charge is -2.32. The number of likely N-dealkylation sites (N-methyl/N-ethyl adjacent to an activating group) is 1. The number of hydrogen-bond acceptors (Lipinski definition) is 7. The number of rotatable bonds is 5. The number of hydrogen-bond donors (Lipinski definition) is 2. The van der Waals surface area contributed by atoms with Crippen LogP contribution in [0.5, 0.6) is 5.75 Å². The Bertz CT molecular complexity index is 999. The van der Waals surface area contributed by atoms with Crippen molar-refractivity contribution < 1.29 is 41.0 Å². The maximum atomic E-state index is 13.0. The lowest BCUT2D eigenvalue weighted by Crippen LogP contribution is -2.42. The molecule has 2 aromatic rings. The van der Waals surface area contributed by atoms with Gasteiger partial charge in [-0.2, -0.15) is 26.3 Å². The zero-order chi connectivity index (χ0) is 26.4. The lowest BCUT2D eigenvalue weighted by molar-refractivity contribution is -0.192. The number of nitrogens with one attached hydrogen (secondary N) is 1. The molecule has 1 aliphatic rings. The standard InChI is InChI=1S/C19H24F3N5O.C2HF3O2/c1-4-27-7-5-6-14(11-27)24-18-23-10-15(25-26-18)17-12(2)8-13(19(20,21)22)9-16(17)28-3;3-2(4,5)1(6)7/h8-10,14H,4-7,11H2,1-3H3,(H,23,24,26);(H,6,7)/t14-;/m1./s1. The molecule has 1 atom stereocenters. The van der Waals surface area contributed by atoms with E-state index in [1.807, 2.05) is 0 Å². The third kappa shape index (κ3) is 7.94. The third-order valence-corrected chi connectivity index (χ3v) is 5.19. The van der Waals surface area contributed by atoms with E-state index < -0.39 is 23.9 Å². The normalized spacial score (nSPS) is 16.8. The zero-order valence-electron chi connectivity index (χ0n) is 19.2. The molecule has 1 aliphatic heterocycles. The molecule has 0 radical (unpaired) electrons. The van der Waals surface area contributed by atoms with E-state index in [9.17, 15) is 26.3 Å². The first kappa shape index (κ1) is 28.1. The maximum Gasteiger partial charge on any atom is 0.490 e. The van der Waals surface area contributed by atoms with Crippen molar-refractivity contribution in [3.8, 4) is 17.0 Å². The molecule has 194 valence electrons. The summed E-state index contributed by atoms with van der Waals surface area (Å²) in [6.07, 6.45) is -5.87. The van der Waals surface area contributed by atoms with E-state index in [0.717, 1.165) is 44.6 Å². The van der Waals surface area contributed by atoms with Crippen LogP contribution in [0.3, 0.4) is 0 Å². The Hall–Kier alpha value is -3.16. The molecule has 1 fully saturated rings. The molecule has 0 unspecified atom stereocenters. The smallest absolute Gasteiger partial charge is 0.490 e. The second kappa shape index (κ2) is 11.5. The number of carboxylic acids is 1. The van der Waals surface area contributed by atoms with Gasteiger partial charge in [-0.25, -0.2) is 9.78 Å². The van der Waals surface area contributed by atoms with Crippen LogP contribution in [0.15, 0.2) is 18.3 Å². The number of piperidine rings is 1. The van der Waals surface area contributed by atoms with Crippen LogP contribution in [0.25, 0.3) is 11.3 Å². The van der Waals surface area contributed by atoms with Crippen molar-refractivity contribution in [1.29, 1.82) is 0 Å². The molecule has 35 heavy (non-hydrogen) atoms. The number of benzene rings is 1. The molecule has 0 spiro atoms. The van der Waals surface area contributed by atoms with Crippen LogP contribution >= 0.6 is 0 Å². The summed E-state index contributed by atoms with van der Waals surface area (Å²) < 4.78 is 76.0. The largest absolute Gasteiger partial charge is 0.496 e. The molecular weight excluding hydrogens is 484 g/mol. The second-order valence-corrected chi connectivity index (χ2v) is 7.71. The van der Waals surface area contributed by atoms with Crippen molar-refractivity contribution in [2.24, 2.45) is 0 Å². The summed E-state index contributed by atoms with van der Waals surface area (Å²) >= 11 is 0. The van der Waals surface area contributed by atoms with Gasteiger partial charge in [-0.1, -0.05) is 6.92 Å². The first-order valence-corrected chi connectivity index (χ1v) is 10.5. The Balaban J connectivity index is 0.000000540. The SMILES string of the molecule is CCN1CCC[C@@H](Nc2ncc(-c3c(C)cc(C(F)(F)F)cc3OC)nn2)C1.O=C(O)C(F)(F)F. The van der Waals surface area contributed by atoms with Crippen molar-refractivity contribution in [3.05, 3.63) is 29.5 Å². The number of anilines is 1. The lowest BCUT2D eigenvalue weighted by atomic mass is 10.0. The first-order valence-electron chi connectivity index (χ1n) is 10.5. The molecule has 2 heterocycles. The number of halogens is 6. The van der Waals surface area contributed by atoms with E-state index in [4.69, 9.17) is 14.6 Å². The zero-order valence-corrected chi connectivity index (χ0v) is 19.2. The summed E-state index contributed by atoms with van der Waals surface area (Å²) in [5.74, 6) is -2.25. The Kier molecular flexibility index (Phi) is 9.24. The highest BCUT2D eigenvalue weighted by atomic mass is 19.4. The molecule has 8 nitrogen and oxygen atoms in total. The summed E-state index contributed by atoms with van der Waals surface area (Å²) in [6.45, 7) is 6.74. The number of likely N-dealkylation sites (tertiary alicyclic amines) is 1. The molecule has 0 saturated carbocycles. The summed E-state index contributed by atoms with van der Waals surface area (Å²) in [4.78, 5) is 15.6. The Morgan fingerprint density at radius 1 is 1.23 bits per heavy atom. The summed E-state index contributed by atoms with van der Waals surface area (Å²) in [5, 5.41) is 18.7. The molecule has 2 N–H and O–H groups in total. The van der Waals surface area contributed by atoms with Crippen molar-refractivity contribution >= 4 is 11.9 Å². The van der Waals surface area contributed by atoms with Crippen molar-refractivity contribution in [2.75, 3.05) is 32.1 Å². The minimum atomic E-state index is -5.08. The summed E-state index contributed by atoms with van der Waals surface area (Å²) in [6, 6.07) is 2.30. The van der Waals surface area contributed by atoms with Crippen molar-refractivity contribution in [3.63, 3.8) is 0 Å².